The molecule has 0 unspecified atom stereocenters. The van der Waals surface area contributed by atoms with Gasteiger partial charge in [0, 0.05) is 38.0 Å². The molecule has 1 aromatic heterocycles. The summed E-state index contributed by atoms with van der Waals surface area (Å²) in [7, 11) is 0. The molecule has 2 aliphatic rings. The topological polar surface area (TPSA) is 55.1 Å². The van der Waals surface area contributed by atoms with Crippen LogP contribution in [0.15, 0.2) is 43.0 Å². The van der Waals surface area contributed by atoms with E-state index in [9.17, 15) is 4.79 Å². The van der Waals surface area contributed by atoms with Crippen LogP contribution >= 0.6 is 12.2 Å². The Balaban J connectivity index is 1.25. The summed E-state index contributed by atoms with van der Waals surface area (Å²) in [6.07, 6.45) is 7.57. The first-order valence-corrected chi connectivity index (χ1v) is 11.4. The maximum absolute atomic E-state index is 12.3. The summed E-state index contributed by atoms with van der Waals surface area (Å²) in [5.41, 5.74) is 1.21. The largest absolute Gasteiger partial charge is 0.353 e. The van der Waals surface area contributed by atoms with Gasteiger partial charge in [0.1, 0.15) is 5.82 Å². The Bertz CT molecular complexity index is 923. The van der Waals surface area contributed by atoms with Gasteiger partial charge < -0.3 is 5.32 Å². The SMILES string of the molecule is C=CCn1c(C2CC2)nn(CN2CCC(NC(=O)CCc3ccccc3)CC2)c1=S. The van der Waals surface area contributed by atoms with Crippen molar-refractivity contribution in [1.29, 1.82) is 0 Å². The van der Waals surface area contributed by atoms with E-state index in [4.69, 9.17) is 17.3 Å². The fourth-order valence-corrected chi connectivity index (χ4v) is 4.37. The van der Waals surface area contributed by atoms with Crippen molar-refractivity contribution < 1.29 is 4.79 Å². The third-order valence-electron chi connectivity index (χ3n) is 5.98. The number of rotatable bonds is 9. The number of hydrogen-bond donors (Lipinski definition) is 1. The van der Waals surface area contributed by atoms with E-state index in [1.165, 1.54) is 18.4 Å². The number of amides is 1. The summed E-state index contributed by atoms with van der Waals surface area (Å²) in [4.78, 5) is 14.7. The van der Waals surface area contributed by atoms with Crippen LogP contribution in [0.2, 0.25) is 0 Å². The monoisotopic (exact) mass is 425 g/mol. The highest BCUT2D eigenvalue weighted by Crippen LogP contribution is 2.39. The van der Waals surface area contributed by atoms with E-state index < -0.39 is 0 Å². The summed E-state index contributed by atoms with van der Waals surface area (Å²) < 4.78 is 4.87. The van der Waals surface area contributed by atoms with Crippen molar-refractivity contribution in [3.8, 4) is 0 Å². The molecule has 6 nitrogen and oxygen atoms in total. The van der Waals surface area contributed by atoms with Gasteiger partial charge in [0.25, 0.3) is 0 Å². The molecule has 30 heavy (non-hydrogen) atoms. The molecule has 0 radical (unpaired) electrons. The van der Waals surface area contributed by atoms with Crippen LogP contribution in [0, 0.1) is 4.77 Å². The van der Waals surface area contributed by atoms with Crippen LogP contribution < -0.4 is 5.32 Å². The molecular weight excluding hydrogens is 394 g/mol. The highest BCUT2D eigenvalue weighted by atomic mass is 32.1. The first kappa shape index (κ1) is 21.0. The summed E-state index contributed by atoms with van der Waals surface area (Å²) >= 11 is 5.68. The molecule has 4 rings (SSSR count). The molecule has 1 aromatic carbocycles. The standard InChI is InChI=1S/C23H31N5OS/c1-2-14-27-22(19-9-10-19)25-28(23(27)30)17-26-15-12-20(13-16-26)24-21(29)11-8-18-6-4-3-5-7-18/h2-7,19-20H,1,8-17H2,(H,24,29). The molecule has 0 spiro atoms. The molecule has 160 valence electrons. The van der Waals surface area contributed by atoms with Gasteiger partial charge in [-0.2, -0.15) is 5.10 Å². The van der Waals surface area contributed by atoms with E-state index in [-0.39, 0.29) is 11.9 Å². The molecular formula is C23H31N5OS. The van der Waals surface area contributed by atoms with Crippen molar-refractivity contribution >= 4 is 18.1 Å². The average molecular weight is 426 g/mol. The maximum Gasteiger partial charge on any atom is 0.220 e. The third-order valence-corrected chi connectivity index (χ3v) is 6.41. The lowest BCUT2D eigenvalue weighted by atomic mass is 10.0. The number of aryl methyl sites for hydroxylation is 1. The molecule has 0 bridgehead atoms. The second kappa shape index (κ2) is 9.71. The van der Waals surface area contributed by atoms with Crippen LogP contribution in [0.1, 0.15) is 49.4 Å². The Morgan fingerprint density at radius 2 is 1.93 bits per heavy atom. The second-order valence-corrected chi connectivity index (χ2v) is 8.77. The fourth-order valence-electron chi connectivity index (χ4n) is 4.10. The molecule has 7 heteroatoms. The van der Waals surface area contributed by atoms with E-state index in [0.717, 1.165) is 56.2 Å². The van der Waals surface area contributed by atoms with E-state index in [0.29, 0.717) is 12.3 Å². The first-order valence-electron chi connectivity index (χ1n) is 11.0. The molecule has 0 atom stereocenters. The summed E-state index contributed by atoms with van der Waals surface area (Å²) in [5, 5.41) is 8.04. The van der Waals surface area contributed by atoms with Crippen molar-refractivity contribution in [3.05, 3.63) is 59.1 Å². The molecule has 2 aromatic rings. The zero-order chi connectivity index (χ0) is 20.9. The molecule has 1 N–H and O–H groups in total. The maximum atomic E-state index is 12.3. The minimum Gasteiger partial charge on any atom is -0.353 e. The average Bonchev–Trinajstić information content (AvgIpc) is 3.56. The lowest BCUT2D eigenvalue weighted by molar-refractivity contribution is -0.122. The molecule has 2 fully saturated rings. The Labute approximate surface area is 183 Å². The van der Waals surface area contributed by atoms with Gasteiger partial charge in [-0.25, -0.2) is 4.68 Å². The van der Waals surface area contributed by atoms with Crippen LogP contribution in [0.25, 0.3) is 0 Å². The number of aromatic nitrogens is 3. The van der Waals surface area contributed by atoms with Gasteiger partial charge >= 0.3 is 0 Å². The number of benzene rings is 1. The Morgan fingerprint density at radius 1 is 1.20 bits per heavy atom. The molecule has 1 aliphatic carbocycles. The molecule has 1 saturated heterocycles. The number of carbonyl (C=O) groups is 1. The molecule has 1 saturated carbocycles. The van der Waals surface area contributed by atoms with Crippen LogP contribution in [0.3, 0.4) is 0 Å². The Hall–Kier alpha value is -2.25. The molecule has 2 heterocycles. The van der Waals surface area contributed by atoms with Crippen molar-refractivity contribution in [3.63, 3.8) is 0 Å². The number of allylic oxidation sites excluding steroid dienone is 1. The zero-order valence-corrected chi connectivity index (χ0v) is 18.3. The number of nitrogens with one attached hydrogen (secondary N) is 1. The summed E-state index contributed by atoms with van der Waals surface area (Å²) in [6.45, 7) is 7.19. The minimum atomic E-state index is 0.150. The summed E-state index contributed by atoms with van der Waals surface area (Å²) in [6, 6.07) is 10.4. The zero-order valence-electron chi connectivity index (χ0n) is 17.5. The van der Waals surface area contributed by atoms with Crippen molar-refractivity contribution in [2.75, 3.05) is 13.1 Å². The smallest absolute Gasteiger partial charge is 0.220 e. The molecule has 1 amide bonds. The predicted molar refractivity (Wildman–Crippen MR) is 121 cm³/mol. The number of carbonyl (C=O) groups excluding carboxylic acids is 1. The third kappa shape index (κ3) is 5.26. The highest BCUT2D eigenvalue weighted by Gasteiger charge is 2.30. The van der Waals surface area contributed by atoms with Gasteiger partial charge in [-0.3, -0.25) is 14.3 Å². The van der Waals surface area contributed by atoms with E-state index in [2.05, 4.69) is 33.5 Å². The lowest BCUT2D eigenvalue weighted by Crippen LogP contribution is -2.45. The van der Waals surface area contributed by atoms with Crippen LogP contribution in [0.4, 0.5) is 0 Å². The lowest BCUT2D eigenvalue weighted by Gasteiger charge is -2.32. The highest BCUT2D eigenvalue weighted by molar-refractivity contribution is 7.71. The van der Waals surface area contributed by atoms with Gasteiger partial charge in [-0.05, 0) is 49.9 Å². The van der Waals surface area contributed by atoms with Crippen LogP contribution in [-0.2, 0) is 24.4 Å². The van der Waals surface area contributed by atoms with Gasteiger partial charge in [0.05, 0.1) is 6.67 Å². The summed E-state index contributed by atoms with van der Waals surface area (Å²) in [5.74, 6) is 1.82. The Morgan fingerprint density at radius 3 is 2.60 bits per heavy atom. The van der Waals surface area contributed by atoms with Gasteiger partial charge in [0.15, 0.2) is 4.77 Å². The van der Waals surface area contributed by atoms with Crippen LogP contribution in [-0.4, -0.2) is 44.3 Å². The van der Waals surface area contributed by atoms with Gasteiger partial charge in [-0.1, -0.05) is 36.4 Å². The van der Waals surface area contributed by atoms with E-state index >= 15 is 0 Å². The first-order chi connectivity index (χ1) is 14.6. The predicted octanol–water partition coefficient (Wildman–Crippen LogP) is 3.65. The van der Waals surface area contributed by atoms with Crippen LogP contribution in [0.5, 0.6) is 0 Å². The van der Waals surface area contributed by atoms with E-state index in [1.807, 2.05) is 29.0 Å². The number of nitrogens with zero attached hydrogens (tertiary/aromatic N) is 4. The quantitative estimate of drug-likeness (QED) is 0.492. The van der Waals surface area contributed by atoms with Crippen molar-refractivity contribution in [2.24, 2.45) is 0 Å². The number of likely N-dealkylation sites (tertiary alicyclic amines) is 1. The Kier molecular flexibility index (Phi) is 6.79. The number of hydrogen-bond acceptors (Lipinski definition) is 4. The van der Waals surface area contributed by atoms with Gasteiger partial charge in [0.2, 0.25) is 5.91 Å². The van der Waals surface area contributed by atoms with Gasteiger partial charge in [-0.15, -0.1) is 6.58 Å². The number of piperidine rings is 1. The normalized spacial score (nSPS) is 17.7. The van der Waals surface area contributed by atoms with E-state index in [1.54, 1.807) is 0 Å². The van der Waals surface area contributed by atoms with Crippen molar-refractivity contribution in [2.45, 2.75) is 63.7 Å². The molecule has 1 aliphatic heterocycles. The minimum absolute atomic E-state index is 0.150. The van der Waals surface area contributed by atoms with Crippen molar-refractivity contribution in [1.82, 2.24) is 24.6 Å². The fraction of sp³-hybridized carbons (Fsp3) is 0.522. The second-order valence-electron chi connectivity index (χ2n) is 8.40.